The number of alkyl halides is 3. The Labute approximate surface area is 141 Å². The van der Waals surface area contributed by atoms with Gasteiger partial charge in [-0.25, -0.2) is 8.42 Å². The zero-order valence-corrected chi connectivity index (χ0v) is 13.7. The molecule has 0 spiro atoms. The van der Waals surface area contributed by atoms with Gasteiger partial charge in [0.25, 0.3) is 10.0 Å². The summed E-state index contributed by atoms with van der Waals surface area (Å²) in [7, 11) is -2.94. The van der Waals surface area contributed by atoms with E-state index in [1.165, 1.54) is 37.4 Å². The van der Waals surface area contributed by atoms with E-state index in [0.29, 0.717) is 5.75 Å². The monoisotopic (exact) mass is 381 g/mol. The van der Waals surface area contributed by atoms with Gasteiger partial charge in [-0.3, -0.25) is 4.72 Å². The molecule has 0 aliphatic carbocycles. The molecule has 0 saturated heterocycles. The van der Waals surface area contributed by atoms with Gasteiger partial charge in [-0.2, -0.15) is 0 Å². The van der Waals surface area contributed by atoms with Gasteiger partial charge < -0.3 is 9.47 Å². The average molecular weight is 382 g/mol. The lowest BCUT2D eigenvalue weighted by molar-refractivity contribution is -0.275. The molecule has 0 heterocycles. The van der Waals surface area contributed by atoms with Crippen molar-refractivity contribution in [3.05, 3.63) is 47.5 Å². The normalized spacial score (nSPS) is 11.9. The first-order valence-corrected chi connectivity index (χ1v) is 8.19. The Morgan fingerprint density at radius 3 is 2.33 bits per heavy atom. The Kier molecular flexibility index (Phi) is 5.14. The maximum absolute atomic E-state index is 12.4. The molecule has 0 aromatic heterocycles. The number of hydrogen-bond donors (Lipinski definition) is 1. The van der Waals surface area contributed by atoms with Crippen LogP contribution in [0.3, 0.4) is 0 Å². The summed E-state index contributed by atoms with van der Waals surface area (Å²) in [4.78, 5) is -0.658. The van der Waals surface area contributed by atoms with Gasteiger partial charge in [0.15, 0.2) is 0 Å². The predicted octanol–water partition coefficient (Wildman–Crippen LogP) is 4.05. The van der Waals surface area contributed by atoms with Crippen LogP contribution in [-0.4, -0.2) is 21.9 Å². The molecule has 1 N–H and O–H groups in total. The molecule has 0 aliphatic rings. The third kappa shape index (κ3) is 4.45. The van der Waals surface area contributed by atoms with Gasteiger partial charge in [-0.1, -0.05) is 23.7 Å². The zero-order chi connectivity index (χ0) is 18.0. The van der Waals surface area contributed by atoms with Crippen LogP contribution in [0.15, 0.2) is 47.4 Å². The summed E-state index contributed by atoms with van der Waals surface area (Å²) in [6.45, 7) is 0. The minimum atomic E-state index is -5.02. The van der Waals surface area contributed by atoms with Gasteiger partial charge in [0.1, 0.15) is 16.4 Å². The molecule has 0 fully saturated rings. The highest BCUT2D eigenvalue weighted by Crippen LogP contribution is 2.32. The Morgan fingerprint density at radius 1 is 1.08 bits per heavy atom. The van der Waals surface area contributed by atoms with E-state index in [2.05, 4.69) is 9.46 Å². The van der Waals surface area contributed by atoms with Crippen molar-refractivity contribution in [3.63, 3.8) is 0 Å². The number of para-hydroxylation sites is 1. The van der Waals surface area contributed by atoms with Crippen LogP contribution in [0.1, 0.15) is 0 Å². The Hall–Kier alpha value is -2.13. The van der Waals surface area contributed by atoms with E-state index >= 15 is 0 Å². The van der Waals surface area contributed by atoms with Crippen molar-refractivity contribution in [2.45, 2.75) is 11.3 Å². The number of methoxy groups -OCH3 is 1. The number of nitrogens with one attached hydrogen (secondary N) is 1. The summed E-state index contributed by atoms with van der Waals surface area (Å²) in [5.74, 6) is -0.516. The third-order valence-electron chi connectivity index (χ3n) is 2.77. The molecule has 10 heteroatoms. The Morgan fingerprint density at radius 2 is 1.75 bits per heavy atom. The van der Waals surface area contributed by atoms with Crippen molar-refractivity contribution >= 4 is 27.3 Å². The molecule has 0 unspecified atom stereocenters. The lowest BCUT2D eigenvalue weighted by Gasteiger charge is -2.14. The van der Waals surface area contributed by atoms with Gasteiger partial charge in [0.05, 0.1) is 17.8 Å². The van der Waals surface area contributed by atoms with Crippen LogP contribution in [0.25, 0.3) is 0 Å². The van der Waals surface area contributed by atoms with Crippen LogP contribution >= 0.6 is 11.6 Å². The van der Waals surface area contributed by atoms with Gasteiger partial charge in [0.2, 0.25) is 0 Å². The van der Waals surface area contributed by atoms with E-state index in [4.69, 9.17) is 16.3 Å². The van der Waals surface area contributed by atoms with Gasteiger partial charge in [-0.15, -0.1) is 13.2 Å². The smallest absolute Gasteiger partial charge is 0.495 e. The highest BCUT2D eigenvalue weighted by Gasteiger charge is 2.34. The predicted molar refractivity (Wildman–Crippen MR) is 81.9 cm³/mol. The largest absolute Gasteiger partial charge is 0.573 e. The van der Waals surface area contributed by atoms with E-state index in [1.54, 1.807) is 0 Å². The number of benzene rings is 2. The van der Waals surface area contributed by atoms with Crippen molar-refractivity contribution in [2.75, 3.05) is 11.8 Å². The lowest BCUT2D eigenvalue weighted by atomic mass is 10.3. The first-order valence-electron chi connectivity index (χ1n) is 6.33. The van der Waals surface area contributed by atoms with Crippen molar-refractivity contribution in [3.8, 4) is 11.5 Å². The summed E-state index contributed by atoms with van der Waals surface area (Å²) >= 11 is 5.89. The second kappa shape index (κ2) is 6.78. The molecule has 0 saturated carbocycles. The highest BCUT2D eigenvalue weighted by molar-refractivity contribution is 7.92. The fraction of sp³-hybridized carbons (Fsp3) is 0.143. The van der Waals surface area contributed by atoms with Crippen LogP contribution in [0, 0.1) is 0 Å². The molecule has 0 aliphatic heterocycles. The molecule has 2 aromatic rings. The second-order valence-electron chi connectivity index (χ2n) is 4.45. The maximum atomic E-state index is 12.4. The molecule has 130 valence electrons. The number of hydrogen-bond acceptors (Lipinski definition) is 4. The molecule has 24 heavy (non-hydrogen) atoms. The van der Waals surface area contributed by atoms with Gasteiger partial charge in [-0.05, 0) is 30.3 Å². The first-order chi connectivity index (χ1) is 11.1. The summed E-state index contributed by atoms with van der Waals surface area (Å²) in [5, 5.41) is 0.137. The molecule has 2 rings (SSSR count). The van der Waals surface area contributed by atoms with Gasteiger partial charge >= 0.3 is 6.36 Å². The Balaban J connectivity index is 2.36. The molecule has 0 amide bonds. The minimum Gasteiger partial charge on any atom is -0.495 e. The van der Waals surface area contributed by atoms with Crippen LogP contribution in [0.5, 0.6) is 11.5 Å². The van der Waals surface area contributed by atoms with E-state index in [-0.39, 0.29) is 10.7 Å². The fourth-order valence-corrected chi connectivity index (χ4v) is 3.26. The molecular weight excluding hydrogens is 371 g/mol. The van der Waals surface area contributed by atoms with Gasteiger partial charge in [0, 0.05) is 0 Å². The van der Waals surface area contributed by atoms with Crippen molar-refractivity contribution in [1.82, 2.24) is 0 Å². The van der Waals surface area contributed by atoms with Crippen LogP contribution in [0.2, 0.25) is 5.02 Å². The lowest BCUT2D eigenvalue weighted by Crippen LogP contribution is -2.20. The first kappa shape index (κ1) is 18.2. The summed E-state index contributed by atoms with van der Waals surface area (Å²) in [6, 6.07) is 8.44. The summed E-state index contributed by atoms with van der Waals surface area (Å²) in [5.41, 5.74) is 0.0580. The number of anilines is 1. The third-order valence-corrected chi connectivity index (χ3v) is 4.48. The molecular formula is C14H11ClF3NO4S. The SMILES string of the molecule is COc1ccc(NS(=O)(=O)c2ccccc2OC(F)(F)F)cc1Cl. The molecule has 0 bridgehead atoms. The standard InChI is InChI=1S/C14H11ClF3NO4S/c1-22-11-7-6-9(8-10(11)15)19-24(20,21)13-5-3-2-4-12(13)23-14(16,17)18/h2-8,19H,1H3. The van der Waals surface area contributed by atoms with Crippen LogP contribution in [0.4, 0.5) is 18.9 Å². The van der Waals surface area contributed by atoms with E-state index in [0.717, 1.165) is 12.1 Å². The zero-order valence-electron chi connectivity index (χ0n) is 12.1. The molecule has 5 nitrogen and oxygen atoms in total. The number of rotatable bonds is 5. The number of ether oxygens (including phenoxy) is 2. The van der Waals surface area contributed by atoms with Crippen molar-refractivity contribution in [2.24, 2.45) is 0 Å². The highest BCUT2D eigenvalue weighted by atomic mass is 35.5. The second-order valence-corrected chi connectivity index (χ2v) is 6.51. The van der Waals surface area contributed by atoms with E-state index in [9.17, 15) is 21.6 Å². The van der Waals surface area contributed by atoms with E-state index < -0.39 is 27.0 Å². The summed E-state index contributed by atoms with van der Waals surface area (Å²) < 4.78 is 72.7. The molecule has 0 atom stereocenters. The fourth-order valence-electron chi connectivity index (χ4n) is 1.82. The van der Waals surface area contributed by atoms with Crippen LogP contribution < -0.4 is 14.2 Å². The topological polar surface area (TPSA) is 64.6 Å². The minimum absolute atomic E-state index is 0.0580. The van der Waals surface area contributed by atoms with Crippen molar-refractivity contribution in [1.29, 1.82) is 0 Å². The Bertz CT molecular complexity index is 840. The molecule has 0 radical (unpaired) electrons. The average Bonchev–Trinajstić information content (AvgIpc) is 2.45. The van der Waals surface area contributed by atoms with Crippen LogP contribution in [-0.2, 0) is 10.0 Å². The summed E-state index contributed by atoms with van der Waals surface area (Å²) in [6.07, 6.45) is -5.02. The maximum Gasteiger partial charge on any atom is 0.573 e. The molecule has 2 aromatic carbocycles. The van der Waals surface area contributed by atoms with E-state index in [1.807, 2.05) is 0 Å². The number of halogens is 4. The van der Waals surface area contributed by atoms with Crippen molar-refractivity contribution < 1.29 is 31.1 Å². The number of sulfonamides is 1. The quantitative estimate of drug-likeness (QED) is 0.848.